The first kappa shape index (κ1) is 22.2. The zero-order chi connectivity index (χ0) is 16.3. The molecule has 0 heterocycles. The summed E-state index contributed by atoms with van der Waals surface area (Å²) < 4.78 is 15.2. The molecule has 0 aliphatic heterocycles. The maximum Gasteiger partial charge on any atom is 0.421 e. The van der Waals surface area contributed by atoms with Gasteiger partial charge in [-0.15, -0.1) is 14.0 Å². The molecule has 134 valence electrons. The molecule has 7 heteroatoms. The Bertz CT molecular complexity index is 175. The fourth-order valence-corrected chi connectivity index (χ4v) is 2.07. The van der Waals surface area contributed by atoms with Gasteiger partial charge in [0.05, 0.1) is 19.8 Å². The molecule has 22 heavy (non-hydrogen) atoms. The van der Waals surface area contributed by atoms with Crippen molar-refractivity contribution >= 4 is 8.60 Å². The lowest BCUT2D eigenvalue weighted by Crippen LogP contribution is -2.02. The lowest BCUT2D eigenvalue weighted by atomic mass is 10.3. The molecule has 0 bridgehead atoms. The standard InChI is InChI=1S/C15H33O6P/c1-4-7-10-13-16-19-22(20-17-14-11-8-5-2)21-18-15-12-9-6-3/h4-15H2,1-3H3. The summed E-state index contributed by atoms with van der Waals surface area (Å²) in [4.78, 5) is 15.2. The first-order chi connectivity index (χ1) is 10.8. The third-order valence-corrected chi connectivity index (χ3v) is 3.52. The second-order valence-corrected chi connectivity index (χ2v) is 5.93. The van der Waals surface area contributed by atoms with E-state index in [0.29, 0.717) is 19.8 Å². The molecular weight excluding hydrogens is 307 g/mol. The van der Waals surface area contributed by atoms with Crippen LogP contribution in [0, 0.1) is 0 Å². The molecule has 0 saturated heterocycles. The van der Waals surface area contributed by atoms with Crippen molar-refractivity contribution in [1.29, 1.82) is 0 Å². The summed E-state index contributed by atoms with van der Waals surface area (Å²) in [5, 5.41) is 0. The molecule has 0 spiro atoms. The van der Waals surface area contributed by atoms with Crippen LogP contribution < -0.4 is 0 Å². The van der Waals surface area contributed by atoms with Crippen molar-refractivity contribution in [3.8, 4) is 0 Å². The Morgan fingerprint density at radius 2 is 0.818 bits per heavy atom. The quantitative estimate of drug-likeness (QED) is 0.139. The number of hydrogen-bond donors (Lipinski definition) is 0. The third-order valence-electron chi connectivity index (χ3n) is 2.83. The fourth-order valence-electron chi connectivity index (χ4n) is 1.51. The average Bonchev–Trinajstić information content (AvgIpc) is 2.53. The summed E-state index contributed by atoms with van der Waals surface area (Å²) in [5.74, 6) is 0. The molecule has 0 rings (SSSR count). The lowest BCUT2D eigenvalue weighted by molar-refractivity contribution is -0.311. The Kier molecular flexibility index (Phi) is 19.4. The van der Waals surface area contributed by atoms with Gasteiger partial charge in [-0.2, -0.15) is 0 Å². The molecule has 0 N–H and O–H groups in total. The Morgan fingerprint density at radius 3 is 1.09 bits per heavy atom. The van der Waals surface area contributed by atoms with E-state index >= 15 is 0 Å². The van der Waals surface area contributed by atoms with E-state index in [9.17, 15) is 0 Å². The van der Waals surface area contributed by atoms with E-state index in [1.165, 1.54) is 0 Å². The zero-order valence-corrected chi connectivity index (χ0v) is 15.3. The molecule has 0 unspecified atom stereocenters. The van der Waals surface area contributed by atoms with E-state index in [0.717, 1.165) is 57.8 Å². The molecule has 0 aromatic carbocycles. The van der Waals surface area contributed by atoms with Gasteiger partial charge in [-0.1, -0.05) is 59.3 Å². The van der Waals surface area contributed by atoms with Gasteiger partial charge in [0, 0.05) is 0 Å². The maximum atomic E-state index is 5.07. The Hall–Kier alpha value is 0.190. The molecule has 0 aromatic rings. The van der Waals surface area contributed by atoms with Crippen molar-refractivity contribution in [2.24, 2.45) is 0 Å². The van der Waals surface area contributed by atoms with Crippen LogP contribution in [0.4, 0.5) is 0 Å². The molecule has 0 aliphatic carbocycles. The van der Waals surface area contributed by atoms with Crippen molar-refractivity contribution in [2.45, 2.75) is 78.6 Å². The lowest BCUT2D eigenvalue weighted by Gasteiger charge is -2.13. The van der Waals surface area contributed by atoms with Crippen LogP contribution in [0.1, 0.15) is 78.6 Å². The van der Waals surface area contributed by atoms with Crippen molar-refractivity contribution in [1.82, 2.24) is 0 Å². The SMILES string of the molecule is CCCCCOOP(OOCCCCC)OOCCCCC. The topological polar surface area (TPSA) is 55.4 Å². The first-order valence-corrected chi connectivity index (χ1v) is 9.63. The minimum absolute atomic E-state index is 0.505. The molecule has 0 fully saturated rings. The van der Waals surface area contributed by atoms with E-state index in [-0.39, 0.29) is 0 Å². The molecule has 0 aliphatic rings. The predicted octanol–water partition coefficient (Wildman–Crippen LogP) is 5.63. The number of rotatable bonds is 18. The minimum Gasteiger partial charge on any atom is -0.229 e. The van der Waals surface area contributed by atoms with E-state index in [4.69, 9.17) is 28.7 Å². The highest BCUT2D eigenvalue weighted by atomic mass is 31.2. The van der Waals surface area contributed by atoms with Gasteiger partial charge in [-0.3, -0.25) is 0 Å². The van der Waals surface area contributed by atoms with Crippen LogP contribution in [0.5, 0.6) is 0 Å². The second kappa shape index (κ2) is 19.2. The monoisotopic (exact) mass is 340 g/mol. The Balaban J connectivity index is 3.72. The summed E-state index contributed by atoms with van der Waals surface area (Å²) in [6, 6.07) is 0. The van der Waals surface area contributed by atoms with E-state index in [2.05, 4.69) is 20.8 Å². The zero-order valence-electron chi connectivity index (χ0n) is 14.4. The summed E-state index contributed by atoms with van der Waals surface area (Å²) in [5.41, 5.74) is 0. The van der Waals surface area contributed by atoms with Gasteiger partial charge >= 0.3 is 8.60 Å². The van der Waals surface area contributed by atoms with Gasteiger partial charge in [-0.05, 0) is 19.3 Å². The van der Waals surface area contributed by atoms with Crippen LogP contribution in [0.25, 0.3) is 0 Å². The first-order valence-electron chi connectivity index (χ1n) is 8.54. The maximum absolute atomic E-state index is 5.07. The van der Waals surface area contributed by atoms with Crippen molar-refractivity contribution in [3.05, 3.63) is 0 Å². The summed E-state index contributed by atoms with van der Waals surface area (Å²) in [6.07, 6.45) is 9.51. The minimum atomic E-state index is -1.79. The van der Waals surface area contributed by atoms with Gasteiger partial charge in [0.1, 0.15) is 0 Å². The van der Waals surface area contributed by atoms with Crippen LogP contribution in [0.3, 0.4) is 0 Å². The van der Waals surface area contributed by atoms with Gasteiger partial charge in [0.25, 0.3) is 0 Å². The van der Waals surface area contributed by atoms with Crippen molar-refractivity contribution in [3.63, 3.8) is 0 Å². The molecule has 0 atom stereocenters. The number of hydrogen-bond acceptors (Lipinski definition) is 6. The van der Waals surface area contributed by atoms with E-state index in [1.54, 1.807) is 0 Å². The van der Waals surface area contributed by atoms with Crippen molar-refractivity contribution < 1.29 is 28.7 Å². The second-order valence-electron chi connectivity index (χ2n) is 5.03. The molecule has 0 amide bonds. The van der Waals surface area contributed by atoms with Crippen LogP contribution in [0.15, 0.2) is 0 Å². The predicted molar refractivity (Wildman–Crippen MR) is 86.6 cm³/mol. The fraction of sp³-hybridized carbons (Fsp3) is 1.00. The normalized spacial score (nSPS) is 11.5. The molecule has 6 nitrogen and oxygen atoms in total. The van der Waals surface area contributed by atoms with Gasteiger partial charge in [0.15, 0.2) is 0 Å². The van der Waals surface area contributed by atoms with Gasteiger partial charge in [0.2, 0.25) is 0 Å². The highest BCUT2D eigenvalue weighted by Gasteiger charge is 2.17. The number of unbranched alkanes of at least 4 members (excludes halogenated alkanes) is 6. The Morgan fingerprint density at radius 1 is 0.500 bits per heavy atom. The van der Waals surface area contributed by atoms with Crippen LogP contribution in [0.2, 0.25) is 0 Å². The molecule has 0 saturated carbocycles. The summed E-state index contributed by atoms with van der Waals surface area (Å²) >= 11 is 0. The largest absolute Gasteiger partial charge is 0.421 e. The van der Waals surface area contributed by atoms with E-state index in [1.807, 2.05) is 0 Å². The molecular formula is C15H33O6P. The Labute approximate surface area is 136 Å². The highest BCUT2D eigenvalue weighted by Crippen LogP contribution is 2.40. The summed E-state index contributed by atoms with van der Waals surface area (Å²) in [6.45, 7) is 7.91. The smallest absolute Gasteiger partial charge is 0.229 e. The van der Waals surface area contributed by atoms with Crippen LogP contribution in [-0.4, -0.2) is 19.8 Å². The molecule has 0 radical (unpaired) electrons. The highest BCUT2D eigenvalue weighted by molar-refractivity contribution is 7.41. The van der Waals surface area contributed by atoms with Crippen LogP contribution >= 0.6 is 8.60 Å². The average molecular weight is 340 g/mol. The third kappa shape index (κ3) is 16.6. The van der Waals surface area contributed by atoms with Crippen molar-refractivity contribution in [2.75, 3.05) is 19.8 Å². The van der Waals surface area contributed by atoms with E-state index < -0.39 is 8.60 Å². The molecule has 0 aromatic heterocycles. The van der Waals surface area contributed by atoms with Crippen LogP contribution in [-0.2, 0) is 28.7 Å². The van der Waals surface area contributed by atoms with Gasteiger partial charge in [-0.25, -0.2) is 14.7 Å². The van der Waals surface area contributed by atoms with Gasteiger partial charge < -0.3 is 0 Å². The summed E-state index contributed by atoms with van der Waals surface area (Å²) in [7, 11) is -1.79.